The van der Waals surface area contributed by atoms with Crippen molar-refractivity contribution >= 4 is 33.1 Å². The fraction of sp³-hybridized carbons (Fsp3) is 0.267. The fourth-order valence-corrected chi connectivity index (χ4v) is 2.08. The molecule has 1 aromatic heterocycles. The van der Waals surface area contributed by atoms with E-state index in [0.29, 0.717) is 27.5 Å². The van der Waals surface area contributed by atoms with Crippen LogP contribution in [-0.4, -0.2) is 10.6 Å². The van der Waals surface area contributed by atoms with Gasteiger partial charge in [-0.25, -0.2) is 4.39 Å². The molecule has 0 spiro atoms. The molecule has 21 heavy (non-hydrogen) atoms. The number of hydrogen-bond donors (Lipinski definition) is 2. The van der Waals surface area contributed by atoms with Gasteiger partial charge in [0.1, 0.15) is 17.2 Å². The third kappa shape index (κ3) is 4.07. The Morgan fingerprint density at radius 1 is 1.24 bits per heavy atom. The van der Waals surface area contributed by atoms with Crippen molar-refractivity contribution in [1.82, 2.24) is 4.98 Å². The number of para-hydroxylation sites is 1. The zero-order valence-electron chi connectivity index (χ0n) is 12.1. The number of nitrogens with two attached hydrogens (primary N) is 1. The van der Waals surface area contributed by atoms with Gasteiger partial charge in [0.25, 0.3) is 0 Å². The van der Waals surface area contributed by atoms with Gasteiger partial charge in [-0.2, -0.15) is 4.98 Å². The van der Waals surface area contributed by atoms with Crippen LogP contribution in [0.3, 0.4) is 0 Å². The summed E-state index contributed by atoms with van der Waals surface area (Å²) in [7, 11) is 0. The number of halogens is 2. The molecule has 0 radical (unpaired) electrons. The molecular weight excluding hydrogens is 337 g/mol. The summed E-state index contributed by atoms with van der Waals surface area (Å²) in [5, 5.41) is 2.93. The molecule has 0 fully saturated rings. The minimum atomic E-state index is -0.418. The summed E-state index contributed by atoms with van der Waals surface area (Å²) < 4.78 is 20.1. The predicted octanol–water partition coefficient (Wildman–Crippen LogP) is 4.49. The molecule has 0 atom stereocenters. The quantitative estimate of drug-likeness (QED) is 0.853. The van der Waals surface area contributed by atoms with Crippen LogP contribution >= 0.6 is 15.9 Å². The number of nitrogens with one attached hydrogen (secondary N) is 1. The first kappa shape index (κ1) is 15.6. The molecule has 0 saturated heterocycles. The van der Waals surface area contributed by atoms with Gasteiger partial charge in [0.05, 0.1) is 11.4 Å². The lowest BCUT2D eigenvalue weighted by atomic mass is 10.2. The molecule has 0 bridgehead atoms. The van der Waals surface area contributed by atoms with Crippen LogP contribution in [0.5, 0.6) is 5.88 Å². The molecule has 0 aliphatic carbocycles. The Morgan fingerprint density at radius 3 is 2.57 bits per heavy atom. The summed E-state index contributed by atoms with van der Waals surface area (Å²) in [6.07, 6.45) is 0. The van der Waals surface area contributed by atoms with E-state index in [1.54, 1.807) is 24.3 Å². The molecule has 112 valence electrons. The molecule has 4 nitrogen and oxygen atoms in total. The smallest absolute Gasteiger partial charge is 0.239 e. The maximum atomic E-state index is 13.8. The Bertz CT molecular complexity index is 636. The second-order valence-electron chi connectivity index (χ2n) is 5.53. The molecule has 1 heterocycles. The zero-order chi connectivity index (χ0) is 15.6. The Hall–Kier alpha value is -1.82. The standard InChI is InChI=1S/C15H17BrFN3O/c1-15(2,3)21-14-11(18)7-8-12(20-14)19-13-9(16)5-4-6-10(13)17/h4-8H,18H2,1-3H3,(H,19,20). The average molecular weight is 354 g/mol. The number of rotatable bonds is 3. The SMILES string of the molecule is CC(C)(C)Oc1nc(Nc2c(F)cccc2Br)ccc1N. The van der Waals surface area contributed by atoms with Gasteiger partial charge in [0.2, 0.25) is 5.88 Å². The third-order valence-corrected chi connectivity index (χ3v) is 3.17. The average Bonchev–Trinajstić information content (AvgIpc) is 2.36. The van der Waals surface area contributed by atoms with Gasteiger partial charge in [0.15, 0.2) is 0 Å². The Morgan fingerprint density at radius 2 is 1.95 bits per heavy atom. The van der Waals surface area contributed by atoms with E-state index in [-0.39, 0.29) is 5.82 Å². The van der Waals surface area contributed by atoms with Crippen LogP contribution in [0.1, 0.15) is 20.8 Å². The van der Waals surface area contributed by atoms with E-state index in [4.69, 9.17) is 10.5 Å². The van der Waals surface area contributed by atoms with Crippen molar-refractivity contribution < 1.29 is 9.13 Å². The molecule has 0 aliphatic heterocycles. The van der Waals surface area contributed by atoms with E-state index in [1.807, 2.05) is 20.8 Å². The minimum Gasteiger partial charge on any atom is -0.470 e. The Kier molecular flexibility index (Phi) is 4.37. The number of pyridine rings is 1. The lowest BCUT2D eigenvalue weighted by Crippen LogP contribution is -2.24. The van der Waals surface area contributed by atoms with E-state index in [2.05, 4.69) is 26.2 Å². The Balaban J connectivity index is 2.31. The minimum absolute atomic E-state index is 0.316. The van der Waals surface area contributed by atoms with Gasteiger partial charge >= 0.3 is 0 Å². The summed E-state index contributed by atoms with van der Waals surface area (Å²) >= 11 is 3.30. The maximum Gasteiger partial charge on any atom is 0.239 e. The van der Waals surface area contributed by atoms with Crippen molar-refractivity contribution in [3.05, 3.63) is 40.6 Å². The van der Waals surface area contributed by atoms with Gasteiger partial charge < -0.3 is 15.8 Å². The second kappa shape index (κ2) is 5.89. The fourth-order valence-electron chi connectivity index (χ4n) is 1.64. The number of benzene rings is 1. The van der Waals surface area contributed by atoms with Crippen molar-refractivity contribution in [3.63, 3.8) is 0 Å². The summed E-state index contributed by atoms with van der Waals surface area (Å²) in [6, 6.07) is 8.08. The number of anilines is 3. The van der Waals surface area contributed by atoms with Crippen LogP contribution in [-0.2, 0) is 0 Å². The zero-order valence-corrected chi connectivity index (χ0v) is 13.7. The largest absolute Gasteiger partial charge is 0.470 e. The molecule has 2 rings (SSSR count). The number of nitrogens with zero attached hydrogens (tertiary/aromatic N) is 1. The summed E-state index contributed by atoms with van der Waals surface area (Å²) in [5.41, 5.74) is 6.18. The molecule has 0 aliphatic rings. The normalized spacial score (nSPS) is 11.3. The van der Waals surface area contributed by atoms with Crippen LogP contribution in [0.2, 0.25) is 0 Å². The lowest BCUT2D eigenvalue weighted by Gasteiger charge is -2.22. The summed E-state index contributed by atoms with van der Waals surface area (Å²) in [4.78, 5) is 4.29. The summed E-state index contributed by atoms with van der Waals surface area (Å²) in [6.45, 7) is 5.71. The monoisotopic (exact) mass is 353 g/mol. The topological polar surface area (TPSA) is 60.2 Å². The van der Waals surface area contributed by atoms with Gasteiger partial charge in [-0.05, 0) is 61.0 Å². The van der Waals surface area contributed by atoms with Crippen molar-refractivity contribution in [1.29, 1.82) is 0 Å². The van der Waals surface area contributed by atoms with Crippen LogP contribution in [0.25, 0.3) is 0 Å². The first-order chi connectivity index (χ1) is 9.76. The van der Waals surface area contributed by atoms with E-state index < -0.39 is 5.60 Å². The highest BCUT2D eigenvalue weighted by Crippen LogP contribution is 2.30. The number of nitrogen functional groups attached to an aromatic ring is 1. The molecule has 0 amide bonds. The van der Waals surface area contributed by atoms with Crippen LogP contribution in [0.4, 0.5) is 21.6 Å². The molecule has 0 saturated carbocycles. The summed E-state index contributed by atoms with van der Waals surface area (Å²) in [5.74, 6) is 0.399. The van der Waals surface area contributed by atoms with E-state index in [9.17, 15) is 4.39 Å². The first-order valence-corrected chi connectivity index (χ1v) is 7.22. The molecule has 3 N–H and O–H groups in total. The number of hydrogen-bond acceptors (Lipinski definition) is 4. The highest BCUT2D eigenvalue weighted by Gasteiger charge is 2.16. The molecule has 6 heteroatoms. The van der Waals surface area contributed by atoms with Crippen LogP contribution < -0.4 is 15.8 Å². The highest BCUT2D eigenvalue weighted by atomic mass is 79.9. The van der Waals surface area contributed by atoms with E-state index in [1.165, 1.54) is 6.07 Å². The van der Waals surface area contributed by atoms with Gasteiger partial charge in [-0.3, -0.25) is 0 Å². The maximum absolute atomic E-state index is 13.8. The molecular formula is C15H17BrFN3O. The Labute approximate surface area is 131 Å². The van der Waals surface area contributed by atoms with Crippen molar-refractivity contribution in [2.24, 2.45) is 0 Å². The molecule has 0 unspecified atom stereocenters. The first-order valence-electron chi connectivity index (χ1n) is 6.43. The second-order valence-corrected chi connectivity index (χ2v) is 6.38. The van der Waals surface area contributed by atoms with Crippen molar-refractivity contribution in [2.75, 3.05) is 11.1 Å². The van der Waals surface area contributed by atoms with E-state index in [0.717, 1.165) is 0 Å². The molecule has 2 aromatic rings. The van der Waals surface area contributed by atoms with Crippen LogP contribution in [0, 0.1) is 5.82 Å². The number of ether oxygens (including phenoxy) is 1. The highest BCUT2D eigenvalue weighted by molar-refractivity contribution is 9.10. The molecule has 1 aromatic carbocycles. The lowest BCUT2D eigenvalue weighted by molar-refractivity contribution is 0.125. The van der Waals surface area contributed by atoms with Crippen LogP contribution in [0.15, 0.2) is 34.8 Å². The van der Waals surface area contributed by atoms with Gasteiger partial charge in [-0.15, -0.1) is 0 Å². The number of aromatic nitrogens is 1. The van der Waals surface area contributed by atoms with Crippen molar-refractivity contribution in [2.45, 2.75) is 26.4 Å². The van der Waals surface area contributed by atoms with E-state index >= 15 is 0 Å². The van der Waals surface area contributed by atoms with Gasteiger partial charge in [-0.1, -0.05) is 6.07 Å². The van der Waals surface area contributed by atoms with Gasteiger partial charge in [0, 0.05) is 4.47 Å². The van der Waals surface area contributed by atoms with Crippen molar-refractivity contribution in [3.8, 4) is 5.88 Å². The predicted molar refractivity (Wildman–Crippen MR) is 86.4 cm³/mol. The third-order valence-electron chi connectivity index (χ3n) is 2.51.